The fourth-order valence-electron chi connectivity index (χ4n) is 2.54. The lowest BCUT2D eigenvalue weighted by Crippen LogP contribution is -2.38. The third kappa shape index (κ3) is 9.02. The predicted octanol–water partition coefficient (Wildman–Crippen LogP) is 3.89. The van der Waals surface area contributed by atoms with E-state index in [9.17, 15) is 0 Å². The maximum atomic E-state index is 5.72. The van der Waals surface area contributed by atoms with Crippen LogP contribution >= 0.6 is 11.3 Å². The molecule has 0 unspecified atom stereocenters. The van der Waals surface area contributed by atoms with Gasteiger partial charge in [0.25, 0.3) is 0 Å². The number of hydrogen-bond donors (Lipinski definition) is 2. The quantitative estimate of drug-likeness (QED) is 0.337. The van der Waals surface area contributed by atoms with Gasteiger partial charge in [-0.3, -0.25) is 4.99 Å². The van der Waals surface area contributed by atoms with Crippen LogP contribution < -0.4 is 10.6 Å². The molecule has 0 saturated carbocycles. The zero-order valence-corrected chi connectivity index (χ0v) is 16.6. The van der Waals surface area contributed by atoms with E-state index in [0.29, 0.717) is 0 Å². The van der Waals surface area contributed by atoms with E-state index in [1.807, 2.05) is 6.07 Å². The minimum atomic E-state index is 0.792. The molecule has 0 amide bonds. The largest absolute Gasteiger partial charge is 0.381 e. The van der Waals surface area contributed by atoms with Crippen LogP contribution in [0.15, 0.2) is 52.8 Å². The molecular formula is C21H31N3OS. The molecule has 5 heteroatoms. The summed E-state index contributed by atoms with van der Waals surface area (Å²) >= 11 is 1.80. The van der Waals surface area contributed by atoms with E-state index in [0.717, 1.165) is 64.5 Å². The molecule has 1 aromatic carbocycles. The van der Waals surface area contributed by atoms with Gasteiger partial charge in [0.2, 0.25) is 0 Å². The van der Waals surface area contributed by atoms with Gasteiger partial charge in [0.05, 0.1) is 6.61 Å². The minimum Gasteiger partial charge on any atom is -0.381 e. The average molecular weight is 374 g/mol. The number of unbranched alkanes of at least 4 members (excludes halogenated alkanes) is 1. The molecule has 0 aliphatic carbocycles. The summed E-state index contributed by atoms with van der Waals surface area (Å²) in [6.45, 7) is 6.32. The number of thiophene rings is 1. The third-order valence-electron chi connectivity index (χ3n) is 3.93. The van der Waals surface area contributed by atoms with Gasteiger partial charge >= 0.3 is 0 Å². The van der Waals surface area contributed by atoms with Crippen molar-refractivity contribution in [1.29, 1.82) is 0 Å². The molecule has 2 aromatic rings. The average Bonchev–Trinajstić information content (AvgIpc) is 3.18. The SMILES string of the molecule is CCNC(=NCCCCOCCc1ccccc1)NCCc1cccs1. The zero-order valence-electron chi connectivity index (χ0n) is 15.7. The van der Waals surface area contributed by atoms with E-state index in [1.165, 1.54) is 10.4 Å². The van der Waals surface area contributed by atoms with Crippen LogP contribution in [-0.4, -0.2) is 38.8 Å². The standard InChI is InChI=1S/C21H31N3OS/c1-2-22-21(24-15-12-20-11-8-18-26-20)23-14-6-7-16-25-17-13-19-9-4-3-5-10-19/h3-5,8-11,18H,2,6-7,12-17H2,1H3,(H2,22,23,24). The first kappa shape index (κ1) is 20.5. The Labute approximate surface area is 161 Å². The lowest BCUT2D eigenvalue weighted by atomic mass is 10.2. The van der Waals surface area contributed by atoms with Crippen LogP contribution in [0.4, 0.5) is 0 Å². The molecule has 2 N–H and O–H groups in total. The van der Waals surface area contributed by atoms with Crippen molar-refractivity contribution in [3.8, 4) is 0 Å². The van der Waals surface area contributed by atoms with Gasteiger partial charge in [0.1, 0.15) is 0 Å². The van der Waals surface area contributed by atoms with Crippen LogP contribution in [0.25, 0.3) is 0 Å². The van der Waals surface area contributed by atoms with Crippen molar-refractivity contribution < 1.29 is 4.74 Å². The molecule has 0 bridgehead atoms. The summed E-state index contributed by atoms with van der Waals surface area (Å²) in [5, 5.41) is 8.83. The lowest BCUT2D eigenvalue weighted by Gasteiger charge is -2.10. The molecule has 0 aliphatic rings. The molecule has 0 aliphatic heterocycles. The van der Waals surface area contributed by atoms with Crippen LogP contribution in [0.1, 0.15) is 30.2 Å². The first-order valence-corrected chi connectivity index (χ1v) is 10.4. The van der Waals surface area contributed by atoms with E-state index >= 15 is 0 Å². The molecular weight excluding hydrogens is 342 g/mol. The van der Waals surface area contributed by atoms with Crippen LogP contribution in [-0.2, 0) is 17.6 Å². The molecule has 142 valence electrons. The second-order valence-corrected chi connectivity index (χ2v) is 7.10. The topological polar surface area (TPSA) is 45.7 Å². The highest BCUT2D eigenvalue weighted by molar-refractivity contribution is 7.09. The van der Waals surface area contributed by atoms with Gasteiger partial charge in [-0.15, -0.1) is 11.3 Å². The Morgan fingerprint density at radius 3 is 2.65 bits per heavy atom. The van der Waals surface area contributed by atoms with E-state index in [1.54, 1.807) is 11.3 Å². The number of hydrogen-bond acceptors (Lipinski definition) is 3. The molecule has 0 atom stereocenters. The van der Waals surface area contributed by atoms with Crippen LogP contribution in [0, 0.1) is 0 Å². The Bertz CT molecular complexity index is 599. The second kappa shape index (κ2) is 13.4. The van der Waals surface area contributed by atoms with Gasteiger partial charge < -0.3 is 15.4 Å². The fraction of sp³-hybridized carbons (Fsp3) is 0.476. The highest BCUT2D eigenvalue weighted by Gasteiger charge is 1.98. The summed E-state index contributed by atoms with van der Waals surface area (Å²) < 4.78 is 5.72. The second-order valence-electron chi connectivity index (χ2n) is 6.07. The number of nitrogens with one attached hydrogen (secondary N) is 2. The molecule has 0 spiro atoms. The highest BCUT2D eigenvalue weighted by Crippen LogP contribution is 2.08. The Morgan fingerprint density at radius 2 is 1.88 bits per heavy atom. The van der Waals surface area contributed by atoms with E-state index in [2.05, 4.69) is 64.3 Å². The van der Waals surface area contributed by atoms with Gasteiger partial charge in [0, 0.05) is 31.1 Å². The number of rotatable bonds is 12. The van der Waals surface area contributed by atoms with E-state index < -0.39 is 0 Å². The Kier molecular flexibility index (Phi) is 10.5. The van der Waals surface area contributed by atoms with Crippen LogP contribution in [0.3, 0.4) is 0 Å². The molecule has 1 aromatic heterocycles. The normalized spacial score (nSPS) is 11.5. The van der Waals surface area contributed by atoms with Crippen molar-refractivity contribution in [2.24, 2.45) is 4.99 Å². The lowest BCUT2D eigenvalue weighted by molar-refractivity contribution is 0.134. The summed E-state index contributed by atoms with van der Waals surface area (Å²) in [6, 6.07) is 14.8. The van der Waals surface area contributed by atoms with E-state index in [4.69, 9.17) is 4.74 Å². The van der Waals surface area contributed by atoms with Crippen molar-refractivity contribution in [1.82, 2.24) is 10.6 Å². The number of benzene rings is 1. The number of aliphatic imine (C=N–C) groups is 1. The Hall–Kier alpha value is -1.85. The molecule has 26 heavy (non-hydrogen) atoms. The van der Waals surface area contributed by atoms with Gasteiger partial charge in [-0.1, -0.05) is 36.4 Å². The smallest absolute Gasteiger partial charge is 0.191 e. The van der Waals surface area contributed by atoms with Crippen molar-refractivity contribution in [2.45, 2.75) is 32.6 Å². The monoisotopic (exact) mass is 373 g/mol. The molecule has 1 heterocycles. The van der Waals surface area contributed by atoms with Gasteiger partial charge in [-0.05, 0) is 49.6 Å². The number of nitrogens with zero attached hydrogens (tertiary/aromatic N) is 1. The summed E-state index contributed by atoms with van der Waals surface area (Å²) in [5.74, 6) is 0.911. The van der Waals surface area contributed by atoms with Crippen molar-refractivity contribution in [3.63, 3.8) is 0 Å². The van der Waals surface area contributed by atoms with Crippen molar-refractivity contribution in [3.05, 3.63) is 58.3 Å². The maximum Gasteiger partial charge on any atom is 0.191 e. The van der Waals surface area contributed by atoms with E-state index in [-0.39, 0.29) is 0 Å². The summed E-state index contributed by atoms with van der Waals surface area (Å²) in [7, 11) is 0. The van der Waals surface area contributed by atoms with Gasteiger partial charge in [-0.2, -0.15) is 0 Å². The maximum absolute atomic E-state index is 5.72. The van der Waals surface area contributed by atoms with Crippen molar-refractivity contribution in [2.75, 3.05) is 32.8 Å². The Balaban J connectivity index is 1.51. The van der Waals surface area contributed by atoms with Gasteiger partial charge in [-0.25, -0.2) is 0 Å². The van der Waals surface area contributed by atoms with Gasteiger partial charge in [0.15, 0.2) is 5.96 Å². The zero-order chi connectivity index (χ0) is 18.3. The minimum absolute atomic E-state index is 0.792. The molecule has 2 rings (SSSR count). The Morgan fingerprint density at radius 1 is 1.00 bits per heavy atom. The first-order chi connectivity index (χ1) is 12.9. The van der Waals surface area contributed by atoms with Crippen LogP contribution in [0.5, 0.6) is 0 Å². The molecule has 0 saturated heterocycles. The predicted molar refractivity (Wildman–Crippen MR) is 112 cm³/mol. The summed E-state index contributed by atoms with van der Waals surface area (Å²) in [5.41, 5.74) is 1.33. The number of ether oxygens (including phenoxy) is 1. The summed E-state index contributed by atoms with van der Waals surface area (Å²) in [4.78, 5) is 6.04. The summed E-state index contributed by atoms with van der Waals surface area (Å²) in [6.07, 6.45) is 4.12. The highest BCUT2D eigenvalue weighted by atomic mass is 32.1. The molecule has 0 radical (unpaired) electrons. The first-order valence-electron chi connectivity index (χ1n) is 9.54. The van der Waals surface area contributed by atoms with Crippen molar-refractivity contribution >= 4 is 17.3 Å². The molecule has 4 nitrogen and oxygen atoms in total. The number of guanidine groups is 1. The molecule has 0 fully saturated rings. The van der Waals surface area contributed by atoms with Crippen LogP contribution in [0.2, 0.25) is 0 Å². The fourth-order valence-corrected chi connectivity index (χ4v) is 3.25. The third-order valence-corrected chi connectivity index (χ3v) is 4.87.